The Labute approximate surface area is 201 Å². The molecule has 0 radical (unpaired) electrons. The van der Waals surface area contributed by atoms with Crippen molar-refractivity contribution in [3.8, 4) is 5.88 Å². The monoisotopic (exact) mass is 472 g/mol. The summed E-state index contributed by atoms with van der Waals surface area (Å²) in [6, 6.07) is 3.57. The highest BCUT2D eigenvalue weighted by Crippen LogP contribution is 2.20. The van der Waals surface area contributed by atoms with E-state index in [1.165, 1.54) is 25.1 Å². The lowest BCUT2D eigenvalue weighted by Crippen LogP contribution is -2.36. The second-order valence-electron chi connectivity index (χ2n) is 8.40. The van der Waals surface area contributed by atoms with E-state index < -0.39 is 12.0 Å². The van der Waals surface area contributed by atoms with E-state index in [9.17, 15) is 9.90 Å². The maximum absolute atomic E-state index is 11.8. The SMILES string of the molecule is COCCN(CCCCc1ccc2c(n1)NCCC2)CCC(Nc1cnc(OC)cn1)C(=O)O. The molecule has 0 fully saturated rings. The minimum absolute atomic E-state index is 0.380. The fourth-order valence-electron chi connectivity index (χ4n) is 3.95. The minimum Gasteiger partial charge on any atom is -0.480 e. The van der Waals surface area contributed by atoms with E-state index >= 15 is 0 Å². The van der Waals surface area contributed by atoms with Crippen LogP contribution in [0.4, 0.5) is 11.6 Å². The molecule has 186 valence electrons. The van der Waals surface area contributed by atoms with E-state index in [-0.39, 0.29) is 0 Å². The third-order valence-electron chi connectivity index (χ3n) is 5.91. The summed E-state index contributed by atoms with van der Waals surface area (Å²) in [5.74, 6) is 0.907. The summed E-state index contributed by atoms with van der Waals surface area (Å²) in [5, 5.41) is 16.0. The minimum atomic E-state index is -0.920. The van der Waals surface area contributed by atoms with Crippen molar-refractivity contribution >= 4 is 17.6 Å². The van der Waals surface area contributed by atoms with Crippen molar-refractivity contribution in [3.63, 3.8) is 0 Å². The molecule has 2 aromatic rings. The number of methoxy groups -OCH3 is 2. The molecule has 0 bridgehead atoms. The van der Waals surface area contributed by atoms with Gasteiger partial charge in [-0.25, -0.2) is 19.7 Å². The Balaban J connectivity index is 1.46. The molecule has 10 nitrogen and oxygen atoms in total. The van der Waals surface area contributed by atoms with Gasteiger partial charge < -0.3 is 30.1 Å². The van der Waals surface area contributed by atoms with Gasteiger partial charge in [-0.05, 0) is 56.7 Å². The van der Waals surface area contributed by atoms with Crippen LogP contribution in [0.5, 0.6) is 5.88 Å². The van der Waals surface area contributed by atoms with Gasteiger partial charge in [-0.1, -0.05) is 6.07 Å². The maximum Gasteiger partial charge on any atom is 0.326 e. The molecule has 1 aliphatic heterocycles. The number of aliphatic carboxylic acids is 1. The van der Waals surface area contributed by atoms with Gasteiger partial charge in [0.25, 0.3) is 0 Å². The standard InChI is InChI=1S/C24H36N6O4/c1-33-15-14-30(12-4-3-7-19-9-8-18-6-5-11-25-23(18)28-19)13-10-20(24(31)32)29-21-16-27-22(34-2)17-26-21/h8-9,16-17,20H,3-7,10-15H2,1-2H3,(H,25,28)(H,26,29)(H,31,32). The molecule has 1 aliphatic rings. The molecule has 2 aromatic heterocycles. The summed E-state index contributed by atoms with van der Waals surface area (Å²) in [6.45, 7) is 3.87. The van der Waals surface area contributed by atoms with Crippen LogP contribution in [0.25, 0.3) is 0 Å². The predicted molar refractivity (Wildman–Crippen MR) is 131 cm³/mol. The number of rotatable bonds is 15. The number of unbranched alkanes of at least 4 members (excludes halogenated alkanes) is 1. The molecular weight excluding hydrogens is 436 g/mol. The molecule has 3 rings (SSSR count). The Bertz CT molecular complexity index is 896. The number of hydrogen-bond acceptors (Lipinski definition) is 9. The summed E-state index contributed by atoms with van der Waals surface area (Å²) in [6.07, 6.45) is 8.59. The number of aryl methyl sites for hydroxylation is 2. The van der Waals surface area contributed by atoms with Crippen LogP contribution in [0.15, 0.2) is 24.5 Å². The first-order valence-corrected chi connectivity index (χ1v) is 11.9. The van der Waals surface area contributed by atoms with E-state index in [2.05, 4.69) is 37.6 Å². The van der Waals surface area contributed by atoms with Gasteiger partial charge in [0.2, 0.25) is 5.88 Å². The largest absolute Gasteiger partial charge is 0.480 e. The van der Waals surface area contributed by atoms with Crippen molar-refractivity contribution in [1.82, 2.24) is 19.9 Å². The number of carboxylic acid groups (broad SMARTS) is 1. The number of nitrogens with zero attached hydrogens (tertiary/aromatic N) is 4. The Morgan fingerprint density at radius 3 is 2.82 bits per heavy atom. The smallest absolute Gasteiger partial charge is 0.326 e. The average molecular weight is 473 g/mol. The highest BCUT2D eigenvalue weighted by atomic mass is 16.5. The van der Waals surface area contributed by atoms with E-state index in [4.69, 9.17) is 14.5 Å². The Kier molecular flexibility index (Phi) is 10.3. The third-order valence-corrected chi connectivity index (χ3v) is 5.91. The molecule has 0 aliphatic carbocycles. The number of nitrogens with one attached hydrogen (secondary N) is 2. The molecule has 3 N–H and O–H groups in total. The molecule has 0 spiro atoms. The van der Waals surface area contributed by atoms with Gasteiger partial charge in [-0.15, -0.1) is 0 Å². The second-order valence-corrected chi connectivity index (χ2v) is 8.40. The van der Waals surface area contributed by atoms with Crippen LogP contribution >= 0.6 is 0 Å². The average Bonchev–Trinajstić information content (AvgIpc) is 2.86. The van der Waals surface area contributed by atoms with Crippen molar-refractivity contribution in [2.45, 2.75) is 44.6 Å². The van der Waals surface area contributed by atoms with Crippen LogP contribution in [-0.4, -0.2) is 84.0 Å². The number of carboxylic acids is 1. The number of ether oxygens (including phenoxy) is 2. The first kappa shape index (κ1) is 25.6. The highest BCUT2D eigenvalue weighted by Gasteiger charge is 2.19. The van der Waals surface area contributed by atoms with E-state index in [1.54, 1.807) is 7.11 Å². The topological polar surface area (TPSA) is 122 Å². The molecule has 10 heteroatoms. The third kappa shape index (κ3) is 8.11. The first-order chi connectivity index (χ1) is 16.6. The van der Waals surface area contributed by atoms with Gasteiger partial charge in [-0.2, -0.15) is 0 Å². The van der Waals surface area contributed by atoms with E-state index in [0.717, 1.165) is 63.3 Å². The molecule has 0 saturated carbocycles. The second kappa shape index (κ2) is 13.7. The molecule has 0 saturated heterocycles. The van der Waals surface area contributed by atoms with Gasteiger partial charge in [0, 0.05) is 32.4 Å². The van der Waals surface area contributed by atoms with Crippen LogP contribution in [0, 0.1) is 0 Å². The van der Waals surface area contributed by atoms with Crippen LogP contribution in [0.3, 0.4) is 0 Å². The predicted octanol–water partition coefficient (Wildman–Crippen LogP) is 2.46. The quantitative estimate of drug-likeness (QED) is 0.333. The van der Waals surface area contributed by atoms with Gasteiger partial charge in [0.1, 0.15) is 17.7 Å². The summed E-state index contributed by atoms with van der Waals surface area (Å²) in [7, 11) is 3.18. The van der Waals surface area contributed by atoms with Gasteiger partial charge in [-0.3, -0.25) is 0 Å². The number of aromatic nitrogens is 3. The zero-order valence-corrected chi connectivity index (χ0v) is 20.1. The molecule has 1 atom stereocenters. The summed E-state index contributed by atoms with van der Waals surface area (Å²) >= 11 is 0. The fraction of sp³-hybridized carbons (Fsp3) is 0.583. The first-order valence-electron chi connectivity index (χ1n) is 11.9. The lowest BCUT2D eigenvalue weighted by molar-refractivity contribution is -0.138. The van der Waals surface area contributed by atoms with Crippen LogP contribution in [0.2, 0.25) is 0 Å². The number of pyridine rings is 1. The summed E-state index contributed by atoms with van der Waals surface area (Å²) in [5.41, 5.74) is 2.43. The Morgan fingerprint density at radius 2 is 2.09 bits per heavy atom. The molecule has 3 heterocycles. The van der Waals surface area contributed by atoms with Crippen molar-refractivity contribution in [3.05, 3.63) is 35.8 Å². The van der Waals surface area contributed by atoms with Crippen molar-refractivity contribution in [1.29, 1.82) is 0 Å². The Morgan fingerprint density at radius 1 is 1.21 bits per heavy atom. The molecule has 34 heavy (non-hydrogen) atoms. The summed E-state index contributed by atoms with van der Waals surface area (Å²) in [4.78, 5) is 27.0. The van der Waals surface area contributed by atoms with Crippen LogP contribution < -0.4 is 15.4 Å². The van der Waals surface area contributed by atoms with Gasteiger partial charge in [0.15, 0.2) is 0 Å². The lowest BCUT2D eigenvalue weighted by atomic mass is 10.1. The van der Waals surface area contributed by atoms with Crippen LogP contribution in [-0.2, 0) is 22.4 Å². The zero-order valence-electron chi connectivity index (χ0n) is 20.1. The lowest BCUT2D eigenvalue weighted by Gasteiger charge is -2.24. The van der Waals surface area contributed by atoms with Crippen molar-refractivity contribution in [2.24, 2.45) is 0 Å². The summed E-state index contributed by atoms with van der Waals surface area (Å²) < 4.78 is 10.2. The van der Waals surface area contributed by atoms with E-state index in [1.807, 2.05) is 0 Å². The number of carbonyl (C=O) groups is 1. The highest BCUT2D eigenvalue weighted by molar-refractivity contribution is 5.76. The molecule has 0 aromatic carbocycles. The Hall–Kier alpha value is -2.98. The molecule has 1 unspecified atom stereocenters. The normalized spacial score (nSPS) is 13.7. The zero-order chi connectivity index (χ0) is 24.2. The molecule has 0 amide bonds. The van der Waals surface area contributed by atoms with E-state index in [0.29, 0.717) is 31.3 Å². The van der Waals surface area contributed by atoms with Crippen molar-refractivity contribution < 1.29 is 19.4 Å². The molecular formula is C24H36N6O4. The van der Waals surface area contributed by atoms with Gasteiger partial charge >= 0.3 is 5.97 Å². The van der Waals surface area contributed by atoms with Crippen LogP contribution in [0.1, 0.15) is 36.9 Å². The maximum atomic E-state index is 11.8. The number of hydrogen-bond donors (Lipinski definition) is 3. The fourth-order valence-corrected chi connectivity index (χ4v) is 3.95. The van der Waals surface area contributed by atoms with Gasteiger partial charge in [0.05, 0.1) is 26.1 Å². The number of fused-ring (bicyclic) bond motifs is 1. The number of anilines is 2. The van der Waals surface area contributed by atoms with Crippen molar-refractivity contribution in [2.75, 3.05) is 57.6 Å².